The molecule has 7 nitrogen and oxygen atoms in total. The number of hydrogen-bond donors (Lipinski definition) is 4. The Morgan fingerprint density at radius 2 is 1.05 bits per heavy atom. The van der Waals surface area contributed by atoms with Crippen LogP contribution in [0.1, 0.15) is 44.9 Å². The number of Topliss-reactive ketones (excluding diaryl/α,β-unsaturated/α-hetero) is 2. The van der Waals surface area contributed by atoms with Gasteiger partial charge in [-0.1, -0.05) is 0 Å². The number of ketones is 2. The molecule has 0 bridgehead atoms. The lowest BCUT2D eigenvalue weighted by Gasteiger charge is -2.20. The molecule has 0 heterocycles. The van der Waals surface area contributed by atoms with Crippen molar-refractivity contribution in [1.82, 2.24) is 0 Å². The lowest BCUT2D eigenvalue weighted by molar-refractivity contribution is 0.0699. The summed E-state index contributed by atoms with van der Waals surface area (Å²) < 4.78 is 8.22. The largest absolute Gasteiger partial charge is 0.478 e. The average molecular weight is 629 g/mol. The van der Waals surface area contributed by atoms with Crippen LogP contribution in [-0.2, 0) is 0 Å². The Labute approximate surface area is 162 Å². The minimum Gasteiger partial charge on any atom is -0.478 e. The molecule has 0 aromatic heterocycles. The number of carbonyl (C=O) groups is 3. The third-order valence-electron chi connectivity index (χ3n) is 2.70. The summed E-state index contributed by atoms with van der Waals surface area (Å²) in [5.41, 5.74) is 0.718. The van der Waals surface area contributed by atoms with Crippen molar-refractivity contribution in [3.63, 3.8) is 0 Å². The summed E-state index contributed by atoms with van der Waals surface area (Å²) in [5.74, 6) is -1.94. The first-order valence-corrected chi connectivity index (χ1v) is 8.64. The molecule has 10 heteroatoms. The highest BCUT2D eigenvalue weighted by atomic mass is 127. The molecule has 0 aliphatic heterocycles. The number of nitrogens with one attached hydrogen (secondary N) is 3. The number of anilines is 3. The lowest BCUT2D eigenvalue weighted by Crippen LogP contribution is -2.15. The summed E-state index contributed by atoms with van der Waals surface area (Å²) in [5, 5.41) is 9.45. The van der Waals surface area contributed by atoms with E-state index in [2.05, 4.69) is 10.6 Å². The highest BCUT2D eigenvalue weighted by Gasteiger charge is 2.30. The summed E-state index contributed by atoms with van der Waals surface area (Å²) in [4.78, 5) is 35.5. The predicted octanol–water partition coefficient (Wildman–Crippen LogP) is 4.08. The van der Waals surface area contributed by atoms with E-state index in [1.54, 1.807) is 68.6 Å². The highest BCUT2D eigenvalue weighted by molar-refractivity contribution is 14.1. The van der Waals surface area contributed by atoms with Crippen molar-refractivity contribution in [3.8, 4) is 0 Å². The highest BCUT2D eigenvalue weighted by Crippen LogP contribution is 2.41. The van der Waals surface area contributed by atoms with E-state index in [0.717, 1.165) is 0 Å². The molecule has 21 heavy (non-hydrogen) atoms. The van der Waals surface area contributed by atoms with Gasteiger partial charge in [-0.2, -0.15) is 0 Å². The molecular formula is C11H10I3N3O4. The van der Waals surface area contributed by atoms with E-state index >= 15 is 0 Å². The summed E-state index contributed by atoms with van der Waals surface area (Å²) in [7, 11) is 0. The molecule has 0 saturated carbocycles. The van der Waals surface area contributed by atoms with Crippen LogP contribution >= 0.6 is 68.6 Å². The molecule has 114 valence electrons. The van der Waals surface area contributed by atoms with E-state index in [1.807, 2.05) is 0 Å². The molecule has 1 aromatic carbocycles. The minimum absolute atomic E-state index is 0.136. The minimum atomic E-state index is -1.24. The molecule has 0 spiro atoms. The van der Waals surface area contributed by atoms with Crippen LogP contribution in [-0.4, -0.2) is 22.6 Å². The van der Waals surface area contributed by atoms with E-state index in [1.165, 1.54) is 13.8 Å². The smallest absolute Gasteiger partial charge is 0.340 e. The van der Waals surface area contributed by atoms with E-state index in [9.17, 15) is 19.5 Å². The van der Waals surface area contributed by atoms with Gasteiger partial charge in [-0.05, 0) is 13.8 Å². The Balaban J connectivity index is 4.11. The summed E-state index contributed by atoms with van der Waals surface area (Å²) in [6.45, 7) is 2.63. The van der Waals surface area contributed by atoms with Crippen LogP contribution in [0.15, 0.2) is 0 Å². The number of carboxylic acids is 1. The number of hydrogen-bond acceptors (Lipinski definition) is 6. The average Bonchev–Trinajstić information content (AvgIpc) is 2.42. The van der Waals surface area contributed by atoms with Crippen molar-refractivity contribution in [2.45, 2.75) is 13.8 Å². The van der Waals surface area contributed by atoms with Gasteiger partial charge in [0, 0.05) is 0 Å². The maximum absolute atomic E-state index is 11.9. The molecule has 0 unspecified atom stereocenters. The second-order valence-electron chi connectivity index (χ2n) is 3.95. The monoisotopic (exact) mass is 629 g/mol. The number of carbonyl (C=O) groups excluding carboxylic acids is 2. The zero-order valence-electron chi connectivity index (χ0n) is 10.8. The second-order valence-corrected chi connectivity index (χ2v) is 5.57. The van der Waals surface area contributed by atoms with Crippen LogP contribution in [0.4, 0.5) is 17.1 Å². The number of aromatic carboxylic acids is 1. The summed E-state index contributed by atoms with van der Waals surface area (Å²) in [6, 6.07) is 0. The molecule has 0 aliphatic rings. The SMILES string of the molecule is CC(=O)c1c(NI)c(C(C)=O)c(NI)c(C(=O)O)c1NI. The zero-order chi connectivity index (χ0) is 16.3. The maximum Gasteiger partial charge on any atom is 0.340 e. The fourth-order valence-electron chi connectivity index (χ4n) is 1.95. The van der Waals surface area contributed by atoms with Crippen LogP contribution in [0.2, 0.25) is 0 Å². The molecule has 0 amide bonds. The van der Waals surface area contributed by atoms with Gasteiger partial charge < -0.3 is 15.7 Å². The normalized spacial score (nSPS) is 9.95. The Morgan fingerprint density at radius 3 is 1.24 bits per heavy atom. The van der Waals surface area contributed by atoms with E-state index in [4.69, 9.17) is 0 Å². The Hall–Kier alpha value is -0.380. The van der Waals surface area contributed by atoms with Crippen molar-refractivity contribution in [1.29, 1.82) is 0 Å². The van der Waals surface area contributed by atoms with Crippen LogP contribution in [0.5, 0.6) is 0 Å². The number of carboxylic acid groups (broad SMARTS) is 1. The lowest BCUT2D eigenvalue weighted by atomic mass is 9.93. The molecule has 0 atom stereocenters. The third-order valence-corrected chi connectivity index (χ3v) is 4.32. The van der Waals surface area contributed by atoms with Crippen LogP contribution < -0.4 is 10.6 Å². The second kappa shape index (κ2) is 7.75. The Morgan fingerprint density at radius 1 is 0.762 bits per heavy atom. The first-order valence-electron chi connectivity index (χ1n) is 5.40. The Kier molecular flexibility index (Phi) is 6.89. The molecule has 0 radical (unpaired) electrons. The van der Waals surface area contributed by atoms with Gasteiger partial charge in [-0.25, -0.2) is 4.79 Å². The standard InChI is InChI=1S/C11H10I3N3O4/c1-3(18)5-8(15-12)6(4(2)19)10(17-14)7(11(20)21)9(5)16-13/h15-17H,1-2H3,(H,20,21). The van der Waals surface area contributed by atoms with Crippen molar-refractivity contribution in [2.75, 3.05) is 10.6 Å². The summed E-state index contributed by atoms with van der Waals surface area (Å²) >= 11 is 5.31. The van der Waals surface area contributed by atoms with Gasteiger partial charge in [0.05, 0.1) is 96.8 Å². The molecule has 0 saturated heterocycles. The van der Waals surface area contributed by atoms with E-state index < -0.39 is 5.97 Å². The van der Waals surface area contributed by atoms with Gasteiger partial charge >= 0.3 is 5.97 Å². The maximum atomic E-state index is 11.9. The van der Waals surface area contributed by atoms with Crippen molar-refractivity contribution < 1.29 is 19.5 Å². The van der Waals surface area contributed by atoms with Crippen molar-refractivity contribution in [2.24, 2.45) is 0 Å². The van der Waals surface area contributed by atoms with Crippen LogP contribution in [0.3, 0.4) is 0 Å². The van der Waals surface area contributed by atoms with Gasteiger partial charge in [0.15, 0.2) is 11.6 Å². The molecule has 0 fully saturated rings. The van der Waals surface area contributed by atoms with E-state index in [-0.39, 0.29) is 39.6 Å². The quantitative estimate of drug-likeness (QED) is 0.214. The van der Waals surface area contributed by atoms with Crippen molar-refractivity contribution >= 4 is 103 Å². The fraction of sp³-hybridized carbons (Fsp3) is 0.182. The van der Waals surface area contributed by atoms with Gasteiger partial charge in [0.25, 0.3) is 0 Å². The topological polar surface area (TPSA) is 108 Å². The molecule has 0 aliphatic carbocycles. The number of halogens is 3. The predicted molar refractivity (Wildman–Crippen MR) is 106 cm³/mol. The zero-order valence-corrected chi connectivity index (χ0v) is 17.3. The molecular weight excluding hydrogens is 619 g/mol. The van der Waals surface area contributed by atoms with Crippen molar-refractivity contribution in [3.05, 3.63) is 16.7 Å². The van der Waals surface area contributed by atoms with Gasteiger partial charge in [-0.15, -0.1) is 0 Å². The fourth-order valence-corrected chi connectivity index (χ4v) is 3.57. The van der Waals surface area contributed by atoms with Crippen LogP contribution in [0, 0.1) is 0 Å². The molecule has 4 N–H and O–H groups in total. The molecule has 1 rings (SSSR count). The number of benzene rings is 1. The van der Waals surface area contributed by atoms with Crippen LogP contribution in [0.25, 0.3) is 0 Å². The van der Waals surface area contributed by atoms with E-state index in [0.29, 0.717) is 5.69 Å². The summed E-state index contributed by atoms with van der Waals surface area (Å²) in [6.07, 6.45) is 0. The first-order chi connectivity index (χ1) is 9.81. The van der Waals surface area contributed by atoms with Gasteiger partial charge in [0.1, 0.15) is 5.56 Å². The molecule has 1 aromatic rings. The first kappa shape index (κ1) is 18.7. The Bertz CT molecular complexity index is 527. The number of rotatable bonds is 6. The van der Waals surface area contributed by atoms with Gasteiger partial charge in [0.2, 0.25) is 0 Å². The van der Waals surface area contributed by atoms with Gasteiger partial charge in [-0.3, -0.25) is 9.59 Å². The third kappa shape index (κ3) is 3.52.